The Hall–Kier alpha value is -2.55. The number of anilines is 2. The highest BCUT2D eigenvalue weighted by Gasteiger charge is 2.12. The van der Waals surface area contributed by atoms with Crippen molar-refractivity contribution in [2.24, 2.45) is 0 Å². The van der Waals surface area contributed by atoms with Gasteiger partial charge in [0.05, 0.1) is 0 Å². The molecule has 2 aromatic rings. The smallest absolute Gasteiger partial charge is 0.250 e. The zero-order chi connectivity index (χ0) is 15.2. The highest BCUT2D eigenvalue weighted by atomic mass is 16.2. The number of likely N-dealkylation sites (N-methyl/N-ethyl adjacent to an activating group) is 1. The SMILES string of the molecule is CCN(C(=O)/C=C/c1ccc(N)cc1)c1ccccc1C. The predicted molar refractivity (Wildman–Crippen MR) is 89.1 cm³/mol. The summed E-state index contributed by atoms with van der Waals surface area (Å²) in [6, 6.07) is 15.3. The second-order valence-electron chi connectivity index (χ2n) is 4.87. The summed E-state index contributed by atoms with van der Waals surface area (Å²) >= 11 is 0. The molecule has 0 saturated heterocycles. The van der Waals surface area contributed by atoms with E-state index in [0.29, 0.717) is 12.2 Å². The van der Waals surface area contributed by atoms with Crippen molar-refractivity contribution < 1.29 is 4.79 Å². The summed E-state index contributed by atoms with van der Waals surface area (Å²) < 4.78 is 0. The summed E-state index contributed by atoms with van der Waals surface area (Å²) in [6.45, 7) is 4.62. The number of nitrogen functional groups attached to an aromatic ring is 1. The largest absolute Gasteiger partial charge is 0.399 e. The average Bonchev–Trinajstić information content (AvgIpc) is 2.49. The van der Waals surface area contributed by atoms with Gasteiger partial charge in [0.1, 0.15) is 0 Å². The van der Waals surface area contributed by atoms with Gasteiger partial charge in [-0.15, -0.1) is 0 Å². The molecule has 0 aliphatic carbocycles. The number of para-hydroxylation sites is 1. The van der Waals surface area contributed by atoms with E-state index in [1.54, 1.807) is 11.0 Å². The number of benzene rings is 2. The van der Waals surface area contributed by atoms with E-state index >= 15 is 0 Å². The minimum atomic E-state index is -0.0244. The van der Waals surface area contributed by atoms with E-state index in [9.17, 15) is 4.79 Å². The molecular formula is C18H20N2O. The maximum absolute atomic E-state index is 12.4. The molecule has 108 valence electrons. The normalized spacial score (nSPS) is 10.8. The topological polar surface area (TPSA) is 46.3 Å². The molecule has 0 heterocycles. The zero-order valence-electron chi connectivity index (χ0n) is 12.4. The van der Waals surface area contributed by atoms with Gasteiger partial charge in [-0.1, -0.05) is 30.3 Å². The summed E-state index contributed by atoms with van der Waals surface area (Å²) in [7, 11) is 0. The van der Waals surface area contributed by atoms with Crippen molar-refractivity contribution in [2.45, 2.75) is 13.8 Å². The van der Waals surface area contributed by atoms with Crippen molar-refractivity contribution in [3.63, 3.8) is 0 Å². The van der Waals surface area contributed by atoms with Crippen LogP contribution >= 0.6 is 0 Å². The summed E-state index contributed by atoms with van der Waals surface area (Å²) in [4.78, 5) is 14.1. The maximum Gasteiger partial charge on any atom is 0.250 e. The number of nitrogens with two attached hydrogens (primary N) is 1. The van der Waals surface area contributed by atoms with Crippen LogP contribution in [0.4, 0.5) is 11.4 Å². The van der Waals surface area contributed by atoms with Crippen LogP contribution in [0.2, 0.25) is 0 Å². The molecule has 2 N–H and O–H groups in total. The van der Waals surface area contributed by atoms with Gasteiger partial charge in [-0.25, -0.2) is 0 Å². The first kappa shape index (κ1) is 14.9. The van der Waals surface area contributed by atoms with E-state index in [1.165, 1.54) is 0 Å². The Labute approximate surface area is 125 Å². The summed E-state index contributed by atoms with van der Waals surface area (Å²) in [5, 5.41) is 0. The third-order valence-electron chi connectivity index (χ3n) is 3.34. The molecule has 0 aliphatic rings. The molecule has 21 heavy (non-hydrogen) atoms. The zero-order valence-corrected chi connectivity index (χ0v) is 12.4. The quantitative estimate of drug-likeness (QED) is 0.686. The van der Waals surface area contributed by atoms with Gasteiger partial charge in [-0.2, -0.15) is 0 Å². The van der Waals surface area contributed by atoms with E-state index in [2.05, 4.69) is 0 Å². The van der Waals surface area contributed by atoms with Gasteiger partial charge in [0.15, 0.2) is 0 Å². The van der Waals surface area contributed by atoms with Crippen molar-refractivity contribution in [2.75, 3.05) is 17.2 Å². The molecule has 3 nitrogen and oxygen atoms in total. The molecule has 0 radical (unpaired) electrons. The van der Waals surface area contributed by atoms with Gasteiger partial charge in [0.25, 0.3) is 5.91 Å². The molecule has 2 rings (SSSR count). The fourth-order valence-electron chi connectivity index (χ4n) is 2.18. The van der Waals surface area contributed by atoms with Crippen molar-refractivity contribution in [3.05, 3.63) is 65.7 Å². The third kappa shape index (κ3) is 3.72. The van der Waals surface area contributed by atoms with Crippen LogP contribution < -0.4 is 10.6 Å². The van der Waals surface area contributed by atoms with Crippen LogP contribution in [-0.4, -0.2) is 12.5 Å². The van der Waals surface area contributed by atoms with Gasteiger partial charge in [0.2, 0.25) is 0 Å². The highest BCUT2D eigenvalue weighted by molar-refractivity contribution is 6.04. The van der Waals surface area contributed by atoms with Crippen LogP contribution in [0.3, 0.4) is 0 Å². The second kappa shape index (κ2) is 6.75. The Morgan fingerprint density at radius 3 is 2.43 bits per heavy atom. The van der Waals surface area contributed by atoms with E-state index in [1.807, 2.05) is 68.5 Å². The van der Waals surface area contributed by atoms with Crippen LogP contribution in [0.25, 0.3) is 6.08 Å². The minimum absolute atomic E-state index is 0.0244. The number of hydrogen-bond acceptors (Lipinski definition) is 2. The fourth-order valence-corrected chi connectivity index (χ4v) is 2.18. The lowest BCUT2D eigenvalue weighted by Gasteiger charge is -2.21. The standard InChI is InChI=1S/C18H20N2O/c1-3-20(17-7-5-4-6-14(17)2)18(21)13-10-15-8-11-16(19)12-9-15/h4-13H,3,19H2,1-2H3/b13-10+. The molecular weight excluding hydrogens is 260 g/mol. The van der Waals surface area contributed by atoms with Crippen LogP contribution in [0, 0.1) is 6.92 Å². The lowest BCUT2D eigenvalue weighted by molar-refractivity contribution is -0.114. The molecule has 3 heteroatoms. The number of hydrogen-bond donors (Lipinski definition) is 1. The Balaban J connectivity index is 2.17. The molecule has 0 aliphatic heterocycles. The number of carbonyl (C=O) groups is 1. The van der Waals surface area contributed by atoms with Crippen LogP contribution in [0.5, 0.6) is 0 Å². The van der Waals surface area contributed by atoms with E-state index in [4.69, 9.17) is 5.73 Å². The van der Waals surface area contributed by atoms with Gasteiger partial charge < -0.3 is 10.6 Å². The molecule has 0 fully saturated rings. The van der Waals surface area contributed by atoms with Gasteiger partial charge in [-0.3, -0.25) is 4.79 Å². The van der Waals surface area contributed by atoms with Gasteiger partial charge >= 0.3 is 0 Å². The van der Waals surface area contributed by atoms with E-state index < -0.39 is 0 Å². The molecule has 1 amide bonds. The highest BCUT2D eigenvalue weighted by Crippen LogP contribution is 2.19. The first-order valence-corrected chi connectivity index (χ1v) is 7.02. The Morgan fingerprint density at radius 1 is 1.14 bits per heavy atom. The molecule has 0 bridgehead atoms. The first-order chi connectivity index (χ1) is 10.1. The average molecular weight is 280 g/mol. The molecule has 0 unspecified atom stereocenters. The number of aryl methyl sites for hydroxylation is 1. The Kier molecular flexibility index (Phi) is 4.77. The maximum atomic E-state index is 12.4. The van der Waals surface area contributed by atoms with Crippen LogP contribution in [-0.2, 0) is 4.79 Å². The monoisotopic (exact) mass is 280 g/mol. The summed E-state index contributed by atoms with van der Waals surface area (Å²) in [5.41, 5.74) is 9.36. The van der Waals surface area contributed by atoms with Crippen LogP contribution in [0.1, 0.15) is 18.1 Å². The Morgan fingerprint density at radius 2 is 1.81 bits per heavy atom. The number of nitrogens with zero attached hydrogens (tertiary/aromatic N) is 1. The van der Waals surface area contributed by atoms with Crippen LogP contribution in [0.15, 0.2) is 54.6 Å². The molecule has 0 saturated carbocycles. The van der Waals surface area contributed by atoms with E-state index in [0.717, 1.165) is 16.8 Å². The summed E-state index contributed by atoms with van der Waals surface area (Å²) in [5.74, 6) is -0.0244. The second-order valence-corrected chi connectivity index (χ2v) is 4.87. The van der Waals surface area contributed by atoms with E-state index in [-0.39, 0.29) is 5.91 Å². The molecule has 0 aromatic heterocycles. The minimum Gasteiger partial charge on any atom is -0.399 e. The van der Waals surface area contributed by atoms with Crippen molar-refractivity contribution in [1.82, 2.24) is 0 Å². The lowest BCUT2D eigenvalue weighted by Crippen LogP contribution is -2.29. The fraction of sp³-hybridized carbons (Fsp3) is 0.167. The molecule has 0 atom stereocenters. The third-order valence-corrected chi connectivity index (χ3v) is 3.34. The Bertz CT molecular complexity index is 645. The lowest BCUT2D eigenvalue weighted by atomic mass is 10.1. The number of amides is 1. The first-order valence-electron chi connectivity index (χ1n) is 7.02. The molecule has 0 spiro atoms. The predicted octanol–water partition coefficient (Wildman–Crippen LogP) is 3.64. The summed E-state index contributed by atoms with van der Waals surface area (Å²) in [6.07, 6.45) is 3.41. The van der Waals surface area contributed by atoms with Crippen molar-refractivity contribution >= 4 is 23.4 Å². The van der Waals surface area contributed by atoms with Gasteiger partial charge in [-0.05, 0) is 49.2 Å². The van der Waals surface area contributed by atoms with Crippen molar-refractivity contribution in [3.8, 4) is 0 Å². The molecule has 2 aromatic carbocycles. The number of rotatable bonds is 4. The number of carbonyl (C=O) groups excluding carboxylic acids is 1. The van der Waals surface area contributed by atoms with Gasteiger partial charge in [0, 0.05) is 24.0 Å². The van der Waals surface area contributed by atoms with Crippen molar-refractivity contribution in [1.29, 1.82) is 0 Å².